The van der Waals surface area contributed by atoms with Crippen LogP contribution in [0.15, 0.2) is 33.6 Å². The molecule has 0 saturated heterocycles. The molecule has 2 heterocycles. The molecule has 2 aromatic carbocycles. The van der Waals surface area contributed by atoms with Crippen LogP contribution in [0.3, 0.4) is 0 Å². The van der Waals surface area contributed by atoms with Crippen LogP contribution in [0.4, 0.5) is 0 Å². The standard InChI is InChI=1S/C29H36N2O5S/c1-8-11-20-14-22(17(4)10-3)15-21(12-9-2)28(20)37(32,33)36-29-24-16-25(34-7)27-23(13-18(5)35-27)26(24)30-19(6)31-29/h13-17H,8-12H2,1-7H3. The SMILES string of the molecule is CCCc1cc(C(C)CC)cc(CCC)c1S(=O)(=O)Oc1nc(C)nc2c1cc(OC)c1oc(C)cc12. The number of fused-ring (bicyclic) bond motifs is 3. The predicted molar refractivity (Wildman–Crippen MR) is 146 cm³/mol. The lowest BCUT2D eigenvalue weighted by atomic mass is 9.92. The first-order chi connectivity index (χ1) is 17.6. The zero-order valence-corrected chi connectivity index (χ0v) is 23.6. The van der Waals surface area contributed by atoms with Crippen molar-refractivity contribution in [3.8, 4) is 11.6 Å². The van der Waals surface area contributed by atoms with E-state index in [0.29, 0.717) is 52.6 Å². The largest absolute Gasteiger partial charge is 0.493 e. The summed E-state index contributed by atoms with van der Waals surface area (Å²) in [6.07, 6.45) is 3.91. The van der Waals surface area contributed by atoms with Crippen molar-refractivity contribution < 1.29 is 21.8 Å². The first-order valence-electron chi connectivity index (χ1n) is 13.0. The molecule has 0 aliphatic heterocycles. The van der Waals surface area contributed by atoms with E-state index >= 15 is 0 Å². The molecule has 0 spiro atoms. The van der Waals surface area contributed by atoms with E-state index in [1.165, 1.54) is 12.7 Å². The monoisotopic (exact) mass is 524 g/mol. The normalized spacial score (nSPS) is 12.8. The van der Waals surface area contributed by atoms with Crippen molar-refractivity contribution >= 4 is 32.0 Å². The molecule has 7 nitrogen and oxygen atoms in total. The van der Waals surface area contributed by atoms with Gasteiger partial charge < -0.3 is 13.3 Å². The smallest absolute Gasteiger partial charge is 0.341 e. The number of nitrogens with zero attached hydrogens (tertiary/aromatic N) is 2. The van der Waals surface area contributed by atoms with Crippen LogP contribution >= 0.6 is 0 Å². The maximum absolute atomic E-state index is 14.0. The summed E-state index contributed by atoms with van der Waals surface area (Å²) in [5.74, 6) is 1.88. The van der Waals surface area contributed by atoms with Gasteiger partial charge in [-0.05, 0) is 67.9 Å². The van der Waals surface area contributed by atoms with Gasteiger partial charge in [0.25, 0.3) is 0 Å². The molecule has 0 N–H and O–H groups in total. The first-order valence-corrected chi connectivity index (χ1v) is 14.4. The molecule has 198 valence electrons. The molecule has 0 radical (unpaired) electrons. The van der Waals surface area contributed by atoms with Crippen LogP contribution < -0.4 is 8.92 Å². The summed E-state index contributed by atoms with van der Waals surface area (Å²) >= 11 is 0. The Hall–Kier alpha value is -3.13. The van der Waals surface area contributed by atoms with E-state index in [4.69, 9.17) is 13.3 Å². The average molecular weight is 525 g/mol. The number of aromatic nitrogens is 2. The summed E-state index contributed by atoms with van der Waals surface area (Å²) in [6.45, 7) is 12.0. The molecule has 37 heavy (non-hydrogen) atoms. The topological polar surface area (TPSA) is 91.5 Å². The van der Waals surface area contributed by atoms with Crippen LogP contribution in [0.2, 0.25) is 0 Å². The van der Waals surface area contributed by atoms with Crippen LogP contribution in [0.5, 0.6) is 11.6 Å². The predicted octanol–water partition coefficient (Wildman–Crippen LogP) is 7.19. The number of hydrogen-bond acceptors (Lipinski definition) is 7. The molecule has 4 rings (SSSR count). The van der Waals surface area contributed by atoms with Gasteiger partial charge in [0.05, 0.1) is 23.4 Å². The van der Waals surface area contributed by atoms with Crippen molar-refractivity contribution in [3.05, 3.63) is 52.5 Å². The lowest BCUT2D eigenvalue weighted by Gasteiger charge is -2.20. The molecule has 0 saturated carbocycles. The Morgan fingerprint density at radius 3 is 2.16 bits per heavy atom. The summed E-state index contributed by atoms with van der Waals surface area (Å²) in [5.41, 5.74) is 3.86. The van der Waals surface area contributed by atoms with E-state index in [9.17, 15) is 8.42 Å². The van der Waals surface area contributed by atoms with Crippen molar-refractivity contribution in [3.63, 3.8) is 0 Å². The number of furan rings is 1. The summed E-state index contributed by atoms with van der Waals surface area (Å²) < 4.78 is 45.2. The molecule has 0 aliphatic rings. The number of aryl methyl sites for hydroxylation is 4. The Bertz CT molecular complexity index is 1530. The van der Waals surface area contributed by atoms with Gasteiger partial charge in [0.15, 0.2) is 11.3 Å². The van der Waals surface area contributed by atoms with E-state index in [1.807, 2.05) is 25.1 Å². The van der Waals surface area contributed by atoms with Crippen molar-refractivity contribution in [2.75, 3.05) is 7.11 Å². The lowest BCUT2D eigenvalue weighted by Crippen LogP contribution is -2.17. The van der Waals surface area contributed by atoms with E-state index in [0.717, 1.165) is 35.8 Å². The third-order valence-corrected chi connectivity index (χ3v) is 8.18. The van der Waals surface area contributed by atoms with Gasteiger partial charge in [-0.2, -0.15) is 13.4 Å². The molecule has 0 bridgehead atoms. The Balaban J connectivity index is 1.94. The van der Waals surface area contributed by atoms with E-state index in [2.05, 4.69) is 37.7 Å². The van der Waals surface area contributed by atoms with E-state index in [1.54, 1.807) is 13.0 Å². The average Bonchev–Trinajstić information content (AvgIpc) is 3.24. The Morgan fingerprint density at radius 2 is 1.59 bits per heavy atom. The maximum atomic E-state index is 14.0. The lowest BCUT2D eigenvalue weighted by molar-refractivity contribution is 0.409. The van der Waals surface area contributed by atoms with Crippen molar-refractivity contribution in [2.24, 2.45) is 0 Å². The highest BCUT2D eigenvalue weighted by molar-refractivity contribution is 7.87. The zero-order valence-electron chi connectivity index (χ0n) is 22.8. The van der Waals surface area contributed by atoms with Crippen LogP contribution in [0.25, 0.3) is 21.9 Å². The summed E-state index contributed by atoms with van der Waals surface area (Å²) in [6, 6.07) is 7.61. The minimum absolute atomic E-state index is 0.0162. The number of hydrogen-bond donors (Lipinski definition) is 0. The summed E-state index contributed by atoms with van der Waals surface area (Å²) in [4.78, 5) is 9.27. The second-order valence-corrected chi connectivity index (χ2v) is 11.1. The molecule has 4 aromatic rings. The molecule has 1 atom stereocenters. The van der Waals surface area contributed by atoms with Gasteiger partial charge in [0, 0.05) is 0 Å². The van der Waals surface area contributed by atoms with Gasteiger partial charge in [-0.15, -0.1) is 0 Å². The van der Waals surface area contributed by atoms with Gasteiger partial charge in [-0.1, -0.05) is 52.7 Å². The van der Waals surface area contributed by atoms with Crippen molar-refractivity contribution in [1.82, 2.24) is 9.97 Å². The highest BCUT2D eigenvalue weighted by Crippen LogP contribution is 2.39. The van der Waals surface area contributed by atoms with Gasteiger partial charge in [0.1, 0.15) is 16.5 Å². The summed E-state index contributed by atoms with van der Waals surface area (Å²) in [5, 5.41) is 1.17. The highest BCUT2D eigenvalue weighted by atomic mass is 32.2. The molecule has 8 heteroatoms. The second kappa shape index (κ2) is 10.7. The first kappa shape index (κ1) is 26.9. The van der Waals surface area contributed by atoms with E-state index < -0.39 is 10.1 Å². The minimum atomic E-state index is -4.20. The quantitative estimate of drug-likeness (QED) is 0.203. The van der Waals surface area contributed by atoms with Gasteiger partial charge in [0.2, 0.25) is 5.88 Å². The third-order valence-electron chi connectivity index (χ3n) is 6.78. The Labute approximate surface area is 219 Å². The van der Waals surface area contributed by atoms with Crippen molar-refractivity contribution in [2.45, 2.75) is 84.5 Å². The number of methoxy groups -OCH3 is 1. The van der Waals surface area contributed by atoms with Crippen LogP contribution in [-0.4, -0.2) is 25.5 Å². The fourth-order valence-electron chi connectivity index (χ4n) is 4.85. The molecular formula is C29H36N2O5S. The van der Waals surface area contributed by atoms with E-state index in [-0.39, 0.29) is 10.8 Å². The number of benzene rings is 2. The molecule has 0 fully saturated rings. The summed E-state index contributed by atoms with van der Waals surface area (Å²) in [7, 11) is -2.66. The minimum Gasteiger partial charge on any atom is -0.493 e. The molecule has 0 aliphatic carbocycles. The zero-order chi connectivity index (χ0) is 26.9. The number of rotatable bonds is 10. The second-order valence-electron chi connectivity index (χ2n) is 9.67. The Morgan fingerprint density at radius 1 is 0.946 bits per heavy atom. The van der Waals surface area contributed by atoms with Gasteiger partial charge in [-0.3, -0.25) is 0 Å². The van der Waals surface area contributed by atoms with Crippen LogP contribution in [0.1, 0.15) is 81.2 Å². The number of ether oxygens (including phenoxy) is 1. The fraction of sp³-hybridized carbons (Fsp3) is 0.448. The maximum Gasteiger partial charge on any atom is 0.341 e. The molecule has 0 amide bonds. The highest BCUT2D eigenvalue weighted by Gasteiger charge is 2.28. The van der Waals surface area contributed by atoms with Gasteiger partial charge in [-0.25, -0.2) is 4.98 Å². The van der Waals surface area contributed by atoms with Crippen LogP contribution in [0, 0.1) is 13.8 Å². The van der Waals surface area contributed by atoms with Crippen molar-refractivity contribution in [1.29, 1.82) is 0 Å². The van der Waals surface area contributed by atoms with Crippen LogP contribution in [-0.2, 0) is 23.0 Å². The third kappa shape index (κ3) is 5.17. The molecule has 2 aromatic heterocycles. The molecule has 1 unspecified atom stereocenters. The molecular weight excluding hydrogens is 488 g/mol. The Kier molecular flexibility index (Phi) is 7.78. The van der Waals surface area contributed by atoms with Gasteiger partial charge >= 0.3 is 10.1 Å². The fourth-order valence-corrected chi connectivity index (χ4v) is 6.24.